The van der Waals surface area contributed by atoms with Crippen LogP contribution in [-0.4, -0.2) is 5.91 Å². The van der Waals surface area contributed by atoms with Crippen molar-refractivity contribution < 1.29 is 13.6 Å². The number of nitrogens with one attached hydrogen (secondary N) is 1. The largest absolute Gasteiger partial charge is 0.399 e. The maximum absolute atomic E-state index is 13.4. The SMILES string of the molecule is Cc1cc(N)ccc1NC(=O)c1cc(F)ccc1F. The van der Waals surface area contributed by atoms with Crippen LogP contribution in [0.2, 0.25) is 0 Å². The molecule has 0 radical (unpaired) electrons. The Labute approximate surface area is 109 Å². The van der Waals surface area contributed by atoms with Crippen LogP contribution in [0.1, 0.15) is 15.9 Å². The fraction of sp³-hybridized carbons (Fsp3) is 0.0714. The van der Waals surface area contributed by atoms with Gasteiger partial charge in [-0.15, -0.1) is 0 Å². The van der Waals surface area contributed by atoms with Crippen LogP contribution >= 0.6 is 0 Å². The summed E-state index contributed by atoms with van der Waals surface area (Å²) >= 11 is 0. The van der Waals surface area contributed by atoms with Gasteiger partial charge in [0.25, 0.3) is 5.91 Å². The summed E-state index contributed by atoms with van der Waals surface area (Å²) in [4.78, 5) is 11.9. The molecular formula is C14H12F2N2O. The standard InChI is InChI=1S/C14H12F2N2O/c1-8-6-10(17)3-5-13(8)18-14(19)11-7-9(15)2-4-12(11)16/h2-7H,17H2,1H3,(H,18,19). The number of nitrogen functional groups attached to an aromatic ring is 1. The van der Waals surface area contributed by atoms with Crippen molar-refractivity contribution >= 4 is 17.3 Å². The zero-order chi connectivity index (χ0) is 14.0. The van der Waals surface area contributed by atoms with Crippen LogP contribution in [-0.2, 0) is 0 Å². The maximum atomic E-state index is 13.4. The molecule has 0 aliphatic rings. The van der Waals surface area contributed by atoms with Gasteiger partial charge >= 0.3 is 0 Å². The summed E-state index contributed by atoms with van der Waals surface area (Å²) < 4.78 is 26.5. The zero-order valence-electron chi connectivity index (χ0n) is 10.2. The molecule has 2 aromatic rings. The predicted octanol–water partition coefficient (Wildman–Crippen LogP) is 3.11. The Morgan fingerprint density at radius 3 is 2.58 bits per heavy atom. The molecule has 98 valence electrons. The number of nitrogens with two attached hydrogens (primary N) is 1. The third kappa shape index (κ3) is 2.88. The molecule has 3 nitrogen and oxygen atoms in total. The number of carbonyl (C=O) groups is 1. The van der Waals surface area contributed by atoms with Crippen LogP contribution in [0, 0.1) is 18.6 Å². The van der Waals surface area contributed by atoms with E-state index in [0.717, 1.165) is 23.8 Å². The van der Waals surface area contributed by atoms with E-state index in [-0.39, 0.29) is 5.56 Å². The van der Waals surface area contributed by atoms with Crippen molar-refractivity contribution in [2.45, 2.75) is 6.92 Å². The lowest BCUT2D eigenvalue weighted by atomic mass is 10.1. The molecule has 0 aliphatic heterocycles. The van der Waals surface area contributed by atoms with E-state index in [1.165, 1.54) is 0 Å². The van der Waals surface area contributed by atoms with Crippen LogP contribution in [0.15, 0.2) is 36.4 Å². The Bertz CT molecular complexity index is 641. The molecule has 0 saturated heterocycles. The number of halogens is 2. The molecule has 0 atom stereocenters. The van der Waals surface area contributed by atoms with Crippen LogP contribution in [0.3, 0.4) is 0 Å². The molecule has 2 aromatic carbocycles. The molecule has 0 heterocycles. The van der Waals surface area contributed by atoms with Gasteiger partial charge in [0.15, 0.2) is 0 Å². The molecule has 1 amide bonds. The first-order valence-corrected chi connectivity index (χ1v) is 5.60. The second kappa shape index (κ2) is 5.06. The first-order valence-electron chi connectivity index (χ1n) is 5.60. The number of aryl methyl sites for hydroxylation is 1. The molecule has 0 fully saturated rings. The van der Waals surface area contributed by atoms with E-state index >= 15 is 0 Å². The van der Waals surface area contributed by atoms with Gasteiger partial charge in [0, 0.05) is 11.4 Å². The highest BCUT2D eigenvalue weighted by Crippen LogP contribution is 2.19. The van der Waals surface area contributed by atoms with Crippen LogP contribution in [0.25, 0.3) is 0 Å². The molecular weight excluding hydrogens is 250 g/mol. The number of carbonyl (C=O) groups excluding carboxylic acids is 1. The molecule has 0 spiro atoms. The van der Waals surface area contributed by atoms with Crippen LogP contribution in [0.5, 0.6) is 0 Å². The topological polar surface area (TPSA) is 55.1 Å². The van der Waals surface area contributed by atoms with E-state index in [0.29, 0.717) is 11.4 Å². The van der Waals surface area contributed by atoms with E-state index in [1.54, 1.807) is 25.1 Å². The summed E-state index contributed by atoms with van der Waals surface area (Å²) in [6.45, 7) is 1.76. The van der Waals surface area contributed by atoms with Gasteiger partial charge in [-0.3, -0.25) is 4.79 Å². The molecule has 0 aliphatic carbocycles. The van der Waals surface area contributed by atoms with E-state index in [1.807, 2.05) is 0 Å². The fourth-order valence-electron chi connectivity index (χ4n) is 1.69. The molecule has 0 saturated carbocycles. The van der Waals surface area contributed by atoms with Crippen molar-refractivity contribution in [2.24, 2.45) is 0 Å². The average molecular weight is 262 g/mol. The normalized spacial score (nSPS) is 10.3. The lowest BCUT2D eigenvalue weighted by Gasteiger charge is -2.09. The van der Waals surface area contributed by atoms with E-state index < -0.39 is 17.5 Å². The summed E-state index contributed by atoms with van der Waals surface area (Å²) in [6.07, 6.45) is 0. The van der Waals surface area contributed by atoms with Gasteiger partial charge in [-0.1, -0.05) is 0 Å². The highest BCUT2D eigenvalue weighted by atomic mass is 19.1. The van der Waals surface area contributed by atoms with E-state index in [2.05, 4.69) is 5.32 Å². The minimum atomic E-state index is -0.771. The number of rotatable bonds is 2. The monoisotopic (exact) mass is 262 g/mol. The smallest absolute Gasteiger partial charge is 0.258 e. The van der Waals surface area contributed by atoms with Gasteiger partial charge in [-0.05, 0) is 48.9 Å². The minimum absolute atomic E-state index is 0.337. The maximum Gasteiger partial charge on any atom is 0.258 e. The van der Waals surface area contributed by atoms with E-state index in [4.69, 9.17) is 5.73 Å². The first-order chi connectivity index (χ1) is 8.97. The highest BCUT2D eigenvalue weighted by Gasteiger charge is 2.13. The van der Waals surface area contributed by atoms with Crippen molar-refractivity contribution in [3.05, 3.63) is 59.2 Å². The van der Waals surface area contributed by atoms with Crippen molar-refractivity contribution in [3.63, 3.8) is 0 Å². The lowest BCUT2D eigenvalue weighted by molar-refractivity contribution is 0.102. The fourth-order valence-corrected chi connectivity index (χ4v) is 1.69. The molecule has 3 N–H and O–H groups in total. The molecule has 5 heteroatoms. The Hall–Kier alpha value is -2.43. The van der Waals surface area contributed by atoms with Crippen LogP contribution < -0.4 is 11.1 Å². The van der Waals surface area contributed by atoms with Gasteiger partial charge in [0.2, 0.25) is 0 Å². The van der Waals surface area contributed by atoms with Crippen molar-refractivity contribution in [3.8, 4) is 0 Å². The first kappa shape index (κ1) is 13.0. The summed E-state index contributed by atoms with van der Waals surface area (Å²) in [5.41, 5.74) is 7.06. The van der Waals surface area contributed by atoms with Crippen molar-refractivity contribution in [1.29, 1.82) is 0 Å². The summed E-state index contributed by atoms with van der Waals surface area (Å²) in [5, 5.41) is 2.52. The van der Waals surface area contributed by atoms with E-state index in [9.17, 15) is 13.6 Å². The quantitative estimate of drug-likeness (QED) is 0.817. The summed E-state index contributed by atoms with van der Waals surface area (Å²) in [6, 6.07) is 7.64. The van der Waals surface area contributed by atoms with Gasteiger partial charge in [0.1, 0.15) is 11.6 Å². The second-order valence-corrected chi connectivity index (χ2v) is 4.15. The Balaban J connectivity index is 2.28. The third-order valence-corrected chi connectivity index (χ3v) is 2.67. The Morgan fingerprint density at radius 2 is 1.89 bits per heavy atom. The molecule has 2 rings (SSSR count). The van der Waals surface area contributed by atoms with Gasteiger partial charge in [-0.25, -0.2) is 8.78 Å². The van der Waals surface area contributed by atoms with Crippen molar-refractivity contribution in [1.82, 2.24) is 0 Å². The molecule has 0 aromatic heterocycles. The predicted molar refractivity (Wildman–Crippen MR) is 69.9 cm³/mol. The van der Waals surface area contributed by atoms with Crippen LogP contribution in [0.4, 0.5) is 20.2 Å². The summed E-state index contributed by atoms with van der Waals surface area (Å²) in [5.74, 6) is -2.14. The number of hydrogen-bond acceptors (Lipinski definition) is 2. The lowest BCUT2D eigenvalue weighted by Crippen LogP contribution is -2.15. The molecule has 0 bridgehead atoms. The van der Waals surface area contributed by atoms with Gasteiger partial charge in [-0.2, -0.15) is 0 Å². The molecule has 0 unspecified atom stereocenters. The van der Waals surface area contributed by atoms with Gasteiger partial charge < -0.3 is 11.1 Å². The average Bonchev–Trinajstić information content (AvgIpc) is 2.35. The number of hydrogen-bond donors (Lipinski definition) is 2. The number of benzene rings is 2. The minimum Gasteiger partial charge on any atom is -0.399 e. The Kier molecular flexibility index (Phi) is 3.46. The third-order valence-electron chi connectivity index (χ3n) is 2.67. The molecule has 19 heavy (non-hydrogen) atoms. The number of amides is 1. The second-order valence-electron chi connectivity index (χ2n) is 4.15. The van der Waals surface area contributed by atoms with Crippen molar-refractivity contribution in [2.75, 3.05) is 11.1 Å². The highest BCUT2D eigenvalue weighted by molar-refractivity contribution is 6.04. The zero-order valence-corrected chi connectivity index (χ0v) is 10.2. The van der Waals surface area contributed by atoms with Gasteiger partial charge in [0.05, 0.1) is 5.56 Å². The summed E-state index contributed by atoms with van der Waals surface area (Å²) in [7, 11) is 0. The number of anilines is 2. The Morgan fingerprint density at radius 1 is 1.16 bits per heavy atom.